The molecule has 5 nitrogen and oxygen atoms in total. The van der Waals surface area contributed by atoms with Crippen LogP contribution >= 0.6 is 35.0 Å². The summed E-state index contributed by atoms with van der Waals surface area (Å²) in [6.07, 6.45) is 0. The molecule has 1 aromatic rings. The van der Waals surface area contributed by atoms with Crippen molar-refractivity contribution in [1.29, 1.82) is 0 Å². The Hall–Kier alpha value is -1.37. The molecule has 0 radical (unpaired) electrons. The molecule has 0 atom stereocenters. The van der Waals surface area contributed by atoms with Gasteiger partial charge in [-0.1, -0.05) is 29.3 Å². The van der Waals surface area contributed by atoms with E-state index in [-0.39, 0.29) is 19.2 Å². The molecule has 1 heterocycles. The number of nitrogens with one attached hydrogen (secondary N) is 2. The van der Waals surface area contributed by atoms with E-state index in [0.717, 1.165) is 5.56 Å². The molecule has 0 saturated heterocycles. The minimum absolute atomic E-state index is 0.160. The van der Waals surface area contributed by atoms with Crippen molar-refractivity contribution in [2.24, 2.45) is 0 Å². The third-order valence-corrected chi connectivity index (χ3v) is 4.82. The zero-order chi connectivity index (χ0) is 16.8. The molecule has 0 bridgehead atoms. The number of carbonyl (C=O) groups is 2. The maximum absolute atomic E-state index is 11.9. The maximum Gasteiger partial charge on any atom is 0.337 e. The van der Waals surface area contributed by atoms with Crippen molar-refractivity contribution in [3.05, 3.63) is 45.1 Å². The molecule has 2 amide bonds. The van der Waals surface area contributed by atoms with Gasteiger partial charge in [-0.25, -0.2) is 9.59 Å². The fraction of sp³-hybridized carbons (Fsp3) is 0.333. The second-order valence-corrected chi connectivity index (χ2v) is 6.48. The average molecular weight is 375 g/mol. The molecule has 23 heavy (non-hydrogen) atoms. The van der Waals surface area contributed by atoms with Crippen LogP contribution in [0.2, 0.25) is 10.0 Å². The molecule has 1 aliphatic heterocycles. The van der Waals surface area contributed by atoms with E-state index in [1.54, 1.807) is 25.1 Å². The van der Waals surface area contributed by atoms with Crippen LogP contribution in [0, 0.1) is 0 Å². The SMILES string of the molecule is CCOC(=O)C1=C(CSCc2c(Cl)cccc2Cl)NC(=O)NC1. The van der Waals surface area contributed by atoms with Gasteiger partial charge in [-0.05, 0) is 24.6 Å². The topological polar surface area (TPSA) is 67.4 Å². The standard InChI is InChI=1S/C15H16Cl2N2O3S/c1-2-22-14(20)9-6-18-15(21)19-13(9)8-23-7-10-11(16)4-3-5-12(10)17/h3-5H,2,6-8H2,1H3,(H2,18,19,21). The van der Waals surface area contributed by atoms with Crippen LogP contribution in [0.15, 0.2) is 29.5 Å². The Morgan fingerprint density at radius 1 is 1.30 bits per heavy atom. The zero-order valence-corrected chi connectivity index (χ0v) is 14.8. The largest absolute Gasteiger partial charge is 0.463 e. The first kappa shape index (κ1) is 18.0. The van der Waals surface area contributed by atoms with Gasteiger partial charge >= 0.3 is 12.0 Å². The van der Waals surface area contributed by atoms with Crippen LogP contribution in [-0.4, -0.2) is 30.9 Å². The summed E-state index contributed by atoms with van der Waals surface area (Å²) in [5.74, 6) is 0.594. The quantitative estimate of drug-likeness (QED) is 0.749. The normalized spacial score (nSPS) is 14.3. The summed E-state index contributed by atoms with van der Waals surface area (Å²) in [6.45, 7) is 2.18. The van der Waals surface area contributed by atoms with E-state index in [1.807, 2.05) is 0 Å². The maximum atomic E-state index is 11.9. The number of hydrogen-bond donors (Lipinski definition) is 2. The highest BCUT2D eigenvalue weighted by molar-refractivity contribution is 7.98. The molecular weight excluding hydrogens is 359 g/mol. The summed E-state index contributed by atoms with van der Waals surface area (Å²) >= 11 is 13.8. The Balaban J connectivity index is 2.06. The summed E-state index contributed by atoms with van der Waals surface area (Å²) in [5, 5.41) is 6.42. The van der Waals surface area contributed by atoms with Crippen molar-refractivity contribution in [2.75, 3.05) is 18.9 Å². The van der Waals surface area contributed by atoms with Gasteiger partial charge in [0.05, 0.1) is 18.7 Å². The lowest BCUT2D eigenvalue weighted by Crippen LogP contribution is -2.44. The average Bonchev–Trinajstić information content (AvgIpc) is 2.50. The van der Waals surface area contributed by atoms with Crippen molar-refractivity contribution >= 4 is 47.0 Å². The number of halogens is 2. The van der Waals surface area contributed by atoms with Crippen LogP contribution in [0.5, 0.6) is 0 Å². The second-order valence-electron chi connectivity index (χ2n) is 4.68. The van der Waals surface area contributed by atoms with Crippen LogP contribution in [-0.2, 0) is 15.3 Å². The highest BCUT2D eigenvalue weighted by Gasteiger charge is 2.23. The first-order valence-electron chi connectivity index (χ1n) is 6.97. The minimum Gasteiger partial charge on any atom is -0.463 e. The smallest absolute Gasteiger partial charge is 0.337 e. The van der Waals surface area contributed by atoms with Gasteiger partial charge in [0.25, 0.3) is 0 Å². The summed E-state index contributed by atoms with van der Waals surface area (Å²) in [4.78, 5) is 23.4. The van der Waals surface area contributed by atoms with Gasteiger partial charge in [0.15, 0.2) is 0 Å². The molecule has 0 aliphatic carbocycles. The van der Waals surface area contributed by atoms with E-state index in [4.69, 9.17) is 27.9 Å². The molecule has 1 aliphatic rings. The van der Waals surface area contributed by atoms with E-state index in [0.29, 0.717) is 32.8 Å². The lowest BCUT2D eigenvalue weighted by molar-refractivity contribution is -0.138. The molecule has 2 N–H and O–H groups in total. The predicted octanol–water partition coefficient (Wildman–Crippen LogP) is 3.36. The Labute approximate surface area is 148 Å². The predicted molar refractivity (Wildman–Crippen MR) is 92.8 cm³/mol. The number of urea groups is 1. The summed E-state index contributed by atoms with van der Waals surface area (Å²) in [7, 11) is 0. The number of thioether (sulfide) groups is 1. The zero-order valence-electron chi connectivity index (χ0n) is 12.4. The van der Waals surface area contributed by atoms with Crippen LogP contribution < -0.4 is 10.6 Å². The Morgan fingerprint density at radius 2 is 2.00 bits per heavy atom. The fourth-order valence-electron chi connectivity index (χ4n) is 1.99. The lowest BCUT2D eigenvalue weighted by Gasteiger charge is -2.21. The van der Waals surface area contributed by atoms with E-state index >= 15 is 0 Å². The number of rotatable bonds is 6. The van der Waals surface area contributed by atoms with Crippen molar-refractivity contribution in [1.82, 2.24) is 10.6 Å². The third kappa shape index (κ3) is 4.80. The van der Waals surface area contributed by atoms with Crippen LogP contribution in [0.25, 0.3) is 0 Å². The number of benzene rings is 1. The number of hydrogen-bond acceptors (Lipinski definition) is 4. The van der Waals surface area contributed by atoms with E-state index in [1.165, 1.54) is 11.8 Å². The first-order valence-corrected chi connectivity index (χ1v) is 8.88. The molecular formula is C15H16Cl2N2O3S. The van der Waals surface area contributed by atoms with Crippen molar-refractivity contribution in [3.63, 3.8) is 0 Å². The molecule has 124 valence electrons. The van der Waals surface area contributed by atoms with Crippen LogP contribution in [0.1, 0.15) is 12.5 Å². The monoisotopic (exact) mass is 374 g/mol. The summed E-state index contributed by atoms with van der Waals surface area (Å²) in [6, 6.07) is 5.01. The highest BCUT2D eigenvalue weighted by atomic mass is 35.5. The number of esters is 1. The van der Waals surface area contributed by atoms with Gasteiger partial charge in [0, 0.05) is 27.2 Å². The van der Waals surface area contributed by atoms with Crippen molar-refractivity contribution < 1.29 is 14.3 Å². The van der Waals surface area contributed by atoms with Crippen molar-refractivity contribution in [3.8, 4) is 0 Å². The van der Waals surface area contributed by atoms with Crippen LogP contribution in [0.4, 0.5) is 4.79 Å². The first-order chi connectivity index (χ1) is 11.0. The second kappa shape index (κ2) is 8.47. The van der Waals surface area contributed by atoms with Crippen LogP contribution in [0.3, 0.4) is 0 Å². The minimum atomic E-state index is -0.425. The summed E-state index contributed by atoms with van der Waals surface area (Å²) < 4.78 is 5.01. The van der Waals surface area contributed by atoms with Gasteiger partial charge < -0.3 is 15.4 Å². The molecule has 0 aromatic heterocycles. The molecule has 8 heteroatoms. The number of amides is 2. The molecule has 0 spiro atoms. The van der Waals surface area contributed by atoms with Crippen molar-refractivity contribution in [2.45, 2.75) is 12.7 Å². The molecule has 0 fully saturated rings. The molecule has 2 rings (SSSR count). The van der Waals surface area contributed by atoms with Gasteiger partial charge in [-0.2, -0.15) is 11.8 Å². The molecule has 1 aromatic carbocycles. The van der Waals surface area contributed by atoms with Gasteiger partial charge in [-0.15, -0.1) is 0 Å². The van der Waals surface area contributed by atoms with E-state index in [2.05, 4.69) is 10.6 Å². The molecule has 0 unspecified atom stereocenters. The lowest BCUT2D eigenvalue weighted by atomic mass is 10.2. The van der Waals surface area contributed by atoms with E-state index in [9.17, 15) is 9.59 Å². The Bertz CT molecular complexity index is 629. The number of ether oxygens (including phenoxy) is 1. The fourth-order valence-corrected chi connectivity index (χ4v) is 3.75. The third-order valence-electron chi connectivity index (χ3n) is 3.13. The van der Waals surface area contributed by atoms with Gasteiger partial charge in [0.1, 0.15) is 0 Å². The Morgan fingerprint density at radius 3 is 2.65 bits per heavy atom. The number of carbonyl (C=O) groups excluding carboxylic acids is 2. The highest BCUT2D eigenvalue weighted by Crippen LogP contribution is 2.29. The van der Waals surface area contributed by atoms with Gasteiger partial charge in [0.2, 0.25) is 0 Å². The Kier molecular flexibility index (Phi) is 6.62. The van der Waals surface area contributed by atoms with Gasteiger partial charge in [-0.3, -0.25) is 0 Å². The summed E-state index contributed by atoms with van der Waals surface area (Å²) in [5.41, 5.74) is 1.82. The van der Waals surface area contributed by atoms with E-state index < -0.39 is 5.97 Å². The molecule has 0 saturated carbocycles.